The molecule has 4 saturated carbocycles. The summed E-state index contributed by atoms with van der Waals surface area (Å²) in [4.78, 5) is 0. The van der Waals surface area contributed by atoms with E-state index in [1.807, 2.05) is 12.1 Å². The highest BCUT2D eigenvalue weighted by Crippen LogP contribution is 2.66. The summed E-state index contributed by atoms with van der Waals surface area (Å²) in [5.41, 5.74) is 2.92. The zero-order valence-electron chi connectivity index (χ0n) is 19.6. The highest BCUT2D eigenvalue weighted by molar-refractivity contribution is 6.32. The number of benzene rings is 2. The Labute approximate surface area is 205 Å². The molecule has 3 nitrogen and oxygen atoms in total. The van der Waals surface area contributed by atoms with Crippen molar-refractivity contribution < 1.29 is 13.9 Å². The molecule has 2 aromatic rings. The van der Waals surface area contributed by atoms with Crippen molar-refractivity contribution in [1.29, 1.82) is 0 Å². The fourth-order valence-electron chi connectivity index (χ4n) is 7.74. The Morgan fingerprint density at radius 1 is 1.00 bits per heavy atom. The molecule has 0 radical (unpaired) electrons. The maximum absolute atomic E-state index is 13.3. The SMILES string of the molecule is COc1cc(CNC23CC4C[C@@](C)(C2)C[C@](C)(C4)C3)cc(Cl)c1OCc1ccc(F)cc1Cl. The van der Waals surface area contributed by atoms with Gasteiger partial charge in [-0.05, 0) is 85.1 Å². The van der Waals surface area contributed by atoms with E-state index in [9.17, 15) is 4.39 Å². The Morgan fingerprint density at radius 3 is 2.36 bits per heavy atom. The molecular weight excluding hydrogens is 460 g/mol. The van der Waals surface area contributed by atoms with Gasteiger partial charge >= 0.3 is 0 Å². The lowest BCUT2D eigenvalue weighted by molar-refractivity contribution is -0.118. The van der Waals surface area contributed by atoms with Crippen LogP contribution in [0.25, 0.3) is 0 Å². The number of hydrogen-bond donors (Lipinski definition) is 1. The molecule has 0 amide bonds. The summed E-state index contributed by atoms with van der Waals surface area (Å²) < 4.78 is 24.9. The van der Waals surface area contributed by atoms with Crippen molar-refractivity contribution in [3.05, 3.63) is 57.3 Å². The molecule has 2 aromatic carbocycles. The summed E-state index contributed by atoms with van der Waals surface area (Å²) in [5, 5.41) is 4.77. The van der Waals surface area contributed by atoms with Gasteiger partial charge in [-0.3, -0.25) is 0 Å². The van der Waals surface area contributed by atoms with Gasteiger partial charge in [0, 0.05) is 17.6 Å². The zero-order valence-corrected chi connectivity index (χ0v) is 21.1. The number of rotatable bonds is 7. The van der Waals surface area contributed by atoms with Crippen LogP contribution in [-0.2, 0) is 13.2 Å². The lowest BCUT2D eigenvalue weighted by Gasteiger charge is -2.65. The molecule has 4 aliphatic rings. The fraction of sp³-hybridized carbons (Fsp3) is 0.556. The highest BCUT2D eigenvalue weighted by Gasteiger charge is 2.59. The molecule has 1 N–H and O–H groups in total. The van der Waals surface area contributed by atoms with Crippen LogP contribution in [0.5, 0.6) is 11.5 Å². The van der Waals surface area contributed by atoms with Crippen molar-refractivity contribution in [1.82, 2.24) is 5.32 Å². The summed E-state index contributed by atoms with van der Waals surface area (Å²) in [6.07, 6.45) is 7.94. The van der Waals surface area contributed by atoms with E-state index in [1.165, 1.54) is 50.7 Å². The van der Waals surface area contributed by atoms with Gasteiger partial charge in [-0.1, -0.05) is 43.1 Å². The summed E-state index contributed by atoms with van der Waals surface area (Å²) >= 11 is 12.7. The van der Waals surface area contributed by atoms with E-state index in [1.54, 1.807) is 13.2 Å². The number of nitrogens with one attached hydrogen (secondary N) is 1. The zero-order chi connectivity index (χ0) is 23.4. The van der Waals surface area contributed by atoms with Gasteiger partial charge < -0.3 is 14.8 Å². The molecule has 0 heterocycles. The van der Waals surface area contributed by atoms with E-state index < -0.39 is 0 Å². The van der Waals surface area contributed by atoms with E-state index in [0.29, 0.717) is 37.9 Å². The average molecular weight is 492 g/mol. The number of ether oxygens (including phenoxy) is 2. The molecule has 6 heteroatoms. The van der Waals surface area contributed by atoms with Crippen molar-refractivity contribution in [2.24, 2.45) is 16.7 Å². The van der Waals surface area contributed by atoms with Crippen molar-refractivity contribution >= 4 is 23.2 Å². The predicted molar refractivity (Wildman–Crippen MR) is 131 cm³/mol. The van der Waals surface area contributed by atoms with Gasteiger partial charge in [-0.2, -0.15) is 0 Å². The summed E-state index contributed by atoms with van der Waals surface area (Å²) in [7, 11) is 1.61. The van der Waals surface area contributed by atoms with E-state index >= 15 is 0 Å². The fourth-order valence-corrected chi connectivity index (χ4v) is 8.25. The number of hydrogen-bond acceptors (Lipinski definition) is 3. The van der Waals surface area contributed by atoms with Gasteiger partial charge in [0.1, 0.15) is 12.4 Å². The molecule has 0 aromatic heterocycles. The van der Waals surface area contributed by atoms with E-state index in [-0.39, 0.29) is 18.0 Å². The van der Waals surface area contributed by atoms with E-state index in [4.69, 9.17) is 32.7 Å². The van der Waals surface area contributed by atoms with Crippen LogP contribution in [0.2, 0.25) is 10.0 Å². The predicted octanol–water partition coefficient (Wildman–Crippen LogP) is 7.56. The minimum absolute atomic E-state index is 0.175. The van der Waals surface area contributed by atoms with Gasteiger partial charge in [0.25, 0.3) is 0 Å². The second kappa shape index (κ2) is 8.32. The summed E-state index contributed by atoms with van der Waals surface area (Å²) in [6.45, 7) is 5.91. The first-order valence-electron chi connectivity index (χ1n) is 11.8. The van der Waals surface area contributed by atoms with Crippen LogP contribution in [-0.4, -0.2) is 12.6 Å². The first-order chi connectivity index (χ1) is 15.6. The maximum atomic E-state index is 13.3. The van der Waals surface area contributed by atoms with Gasteiger partial charge in [-0.25, -0.2) is 4.39 Å². The second-order valence-electron chi connectivity index (χ2n) is 11.4. The third-order valence-electron chi connectivity index (χ3n) is 7.97. The lowest BCUT2D eigenvalue weighted by atomic mass is 9.43. The molecule has 178 valence electrons. The Kier molecular flexibility index (Phi) is 5.86. The summed E-state index contributed by atoms with van der Waals surface area (Å²) in [5.74, 6) is 1.52. The number of halogens is 3. The first-order valence-corrected chi connectivity index (χ1v) is 12.5. The van der Waals surface area contributed by atoms with Crippen molar-refractivity contribution in [3.8, 4) is 11.5 Å². The Morgan fingerprint density at radius 2 is 1.73 bits per heavy atom. The van der Waals surface area contributed by atoms with E-state index in [2.05, 4.69) is 19.2 Å². The second-order valence-corrected chi connectivity index (χ2v) is 12.2. The molecule has 2 unspecified atom stereocenters. The van der Waals surface area contributed by atoms with Gasteiger partial charge in [0.2, 0.25) is 0 Å². The molecule has 4 aliphatic carbocycles. The van der Waals surface area contributed by atoms with Crippen LogP contribution < -0.4 is 14.8 Å². The van der Waals surface area contributed by atoms with Crippen LogP contribution in [0.3, 0.4) is 0 Å². The third kappa shape index (κ3) is 4.59. The molecular formula is C27H32Cl2FNO2. The minimum atomic E-state index is -0.377. The van der Waals surface area contributed by atoms with Crippen molar-refractivity contribution in [3.63, 3.8) is 0 Å². The summed E-state index contributed by atoms with van der Waals surface area (Å²) in [6, 6.07) is 8.19. The monoisotopic (exact) mass is 491 g/mol. The molecule has 4 bridgehead atoms. The highest BCUT2D eigenvalue weighted by atomic mass is 35.5. The van der Waals surface area contributed by atoms with Crippen molar-refractivity contribution in [2.45, 2.75) is 71.1 Å². The van der Waals surface area contributed by atoms with Gasteiger partial charge in [0.15, 0.2) is 11.5 Å². The van der Waals surface area contributed by atoms with Crippen LogP contribution in [0.1, 0.15) is 63.5 Å². The van der Waals surface area contributed by atoms with Gasteiger partial charge in [-0.15, -0.1) is 0 Å². The van der Waals surface area contributed by atoms with E-state index in [0.717, 1.165) is 18.0 Å². The first kappa shape index (κ1) is 23.3. The van der Waals surface area contributed by atoms with Gasteiger partial charge in [0.05, 0.1) is 17.2 Å². The molecule has 33 heavy (non-hydrogen) atoms. The Hall–Kier alpha value is -1.49. The molecule has 4 fully saturated rings. The minimum Gasteiger partial charge on any atom is -0.493 e. The lowest BCUT2D eigenvalue weighted by Crippen LogP contribution is -2.63. The Balaban J connectivity index is 1.30. The van der Waals surface area contributed by atoms with Crippen LogP contribution in [0.15, 0.2) is 30.3 Å². The molecule has 0 aliphatic heterocycles. The molecule has 0 spiro atoms. The van der Waals surface area contributed by atoms with Crippen LogP contribution in [0, 0.1) is 22.6 Å². The molecule has 6 rings (SSSR count). The average Bonchev–Trinajstić information content (AvgIpc) is 2.69. The topological polar surface area (TPSA) is 30.5 Å². The Bertz CT molecular complexity index is 1060. The van der Waals surface area contributed by atoms with Crippen molar-refractivity contribution in [2.75, 3.05) is 7.11 Å². The normalized spacial score (nSPS) is 32.2. The standard InChI is InChI=1S/C27H32Cl2FNO2/c1-25-9-18-10-26(2,14-25)16-27(11-18,15-25)31-12-17-6-22(29)24(23(7-17)32-3)33-13-19-4-5-20(30)8-21(19)28/h4-8,18,31H,9-16H2,1-3H3/t18?,25-,26+,27?. The quantitative estimate of drug-likeness (QED) is 0.433. The molecule has 0 saturated heterocycles. The molecule has 4 atom stereocenters. The third-order valence-corrected chi connectivity index (χ3v) is 8.60. The smallest absolute Gasteiger partial charge is 0.180 e. The van der Waals surface area contributed by atoms with Crippen LogP contribution >= 0.6 is 23.2 Å². The number of methoxy groups -OCH3 is 1. The maximum Gasteiger partial charge on any atom is 0.180 e. The largest absolute Gasteiger partial charge is 0.493 e. The van der Waals surface area contributed by atoms with Crippen LogP contribution in [0.4, 0.5) is 4.39 Å².